The lowest BCUT2D eigenvalue weighted by molar-refractivity contribution is 0.766. The van der Waals surface area contributed by atoms with Crippen LogP contribution < -0.4 is 0 Å². The van der Waals surface area contributed by atoms with E-state index in [0.29, 0.717) is 15.9 Å². The van der Waals surface area contributed by atoms with Crippen molar-refractivity contribution in [3.8, 4) is 0 Å². The van der Waals surface area contributed by atoms with Gasteiger partial charge in [0.1, 0.15) is 0 Å². The Labute approximate surface area is 129 Å². The zero-order valence-corrected chi connectivity index (χ0v) is 12.9. The fourth-order valence-corrected chi connectivity index (χ4v) is 2.76. The van der Waals surface area contributed by atoms with Crippen LogP contribution in [0.3, 0.4) is 0 Å². The molecular formula is C16H15Cl3. The molecule has 0 amide bonds. The number of halogens is 3. The number of aryl methyl sites for hydroxylation is 1. The van der Waals surface area contributed by atoms with Gasteiger partial charge >= 0.3 is 0 Å². The van der Waals surface area contributed by atoms with Crippen LogP contribution in [0.1, 0.15) is 22.6 Å². The lowest BCUT2D eigenvalue weighted by atomic mass is 9.93. The van der Waals surface area contributed by atoms with E-state index in [2.05, 4.69) is 31.2 Å². The van der Waals surface area contributed by atoms with Gasteiger partial charge in [-0.25, -0.2) is 0 Å². The molecule has 0 heterocycles. The Hall–Kier alpha value is -0.690. The molecule has 0 N–H and O–H groups in total. The lowest BCUT2D eigenvalue weighted by Gasteiger charge is -2.16. The summed E-state index contributed by atoms with van der Waals surface area (Å²) in [6, 6.07) is 14.2. The summed E-state index contributed by atoms with van der Waals surface area (Å²) in [4.78, 5) is 0. The first kappa shape index (κ1) is 14.7. The summed E-state index contributed by atoms with van der Waals surface area (Å²) in [5.74, 6) is 0.810. The monoisotopic (exact) mass is 312 g/mol. The van der Waals surface area contributed by atoms with Crippen molar-refractivity contribution >= 4 is 34.8 Å². The maximum absolute atomic E-state index is 6.23. The maximum atomic E-state index is 6.23. The molecule has 0 saturated carbocycles. The van der Waals surface area contributed by atoms with Crippen LogP contribution in [0.25, 0.3) is 0 Å². The molecule has 0 bridgehead atoms. The molecule has 0 aliphatic heterocycles. The van der Waals surface area contributed by atoms with Gasteiger partial charge in [-0.05, 0) is 30.5 Å². The first-order valence-electron chi connectivity index (χ1n) is 6.17. The van der Waals surface area contributed by atoms with E-state index in [1.165, 1.54) is 11.1 Å². The van der Waals surface area contributed by atoms with E-state index in [1.807, 2.05) is 12.1 Å². The molecule has 0 radical (unpaired) electrons. The highest BCUT2D eigenvalue weighted by Crippen LogP contribution is 2.30. The Morgan fingerprint density at radius 3 is 2.32 bits per heavy atom. The molecule has 0 saturated heterocycles. The summed E-state index contributed by atoms with van der Waals surface area (Å²) in [7, 11) is 0. The Balaban J connectivity index is 2.24. The van der Waals surface area contributed by atoms with E-state index in [0.717, 1.165) is 12.0 Å². The summed E-state index contributed by atoms with van der Waals surface area (Å²) < 4.78 is 0. The van der Waals surface area contributed by atoms with Gasteiger partial charge in [0.05, 0.1) is 10.0 Å². The summed E-state index contributed by atoms with van der Waals surface area (Å²) in [5, 5.41) is 1.22. The zero-order valence-electron chi connectivity index (χ0n) is 10.7. The van der Waals surface area contributed by atoms with Crippen molar-refractivity contribution in [2.24, 2.45) is 0 Å². The van der Waals surface area contributed by atoms with Crippen molar-refractivity contribution in [2.75, 3.05) is 5.88 Å². The van der Waals surface area contributed by atoms with Crippen molar-refractivity contribution in [3.63, 3.8) is 0 Å². The topological polar surface area (TPSA) is 0 Å². The fourth-order valence-electron chi connectivity index (χ4n) is 2.07. The maximum Gasteiger partial charge on any atom is 0.0624 e. The zero-order chi connectivity index (χ0) is 13.8. The molecule has 3 heteroatoms. The Morgan fingerprint density at radius 1 is 1.00 bits per heavy atom. The molecule has 19 heavy (non-hydrogen) atoms. The normalized spacial score (nSPS) is 12.4. The van der Waals surface area contributed by atoms with Crippen LogP contribution in [0.15, 0.2) is 42.5 Å². The average Bonchev–Trinajstić information content (AvgIpc) is 2.42. The van der Waals surface area contributed by atoms with Crippen LogP contribution in [0, 0.1) is 6.92 Å². The molecule has 1 atom stereocenters. The largest absolute Gasteiger partial charge is 0.126 e. The average molecular weight is 314 g/mol. The van der Waals surface area contributed by atoms with Crippen molar-refractivity contribution in [1.82, 2.24) is 0 Å². The van der Waals surface area contributed by atoms with Gasteiger partial charge in [0.15, 0.2) is 0 Å². The SMILES string of the molecule is Cc1ccc(C(CCl)Cc2cccc(Cl)c2Cl)cc1. The van der Waals surface area contributed by atoms with Crippen LogP contribution in [-0.2, 0) is 6.42 Å². The Morgan fingerprint density at radius 2 is 1.68 bits per heavy atom. The van der Waals surface area contributed by atoms with Gasteiger partial charge in [-0.3, -0.25) is 0 Å². The smallest absolute Gasteiger partial charge is 0.0624 e. The van der Waals surface area contributed by atoms with Gasteiger partial charge in [0.25, 0.3) is 0 Å². The molecule has 0 aliphatic carbocycles. The van der Waals surface area contributed by atoms with E-state index < -0.39 is 0 Å². The summed E-state index contributed by atoms with van der Waals surface area (Å²) >= 11 is 18.4. The minimum Gasteiger partial charge on any atom is -0.126 e. The van der Waals surface area contributed by atoms with E-state index in [9.17, 15) is 0 Å². The predicted octanol–water partition coefficient (Wildman–Crippen LogP) is 5.87. The van der Waals surface area contributed by atoms with Gasteiger partial charge < -0.3 is 0 Å². The third kappa shape index (κ3) is 3.66. The first-order chi connectivity index (χ1) is 9.11. The third-order valence-electron chi connectivity index (χ3n) is 3.23. The van der Waals surface area contributed by atoms with Crippen LogP contribution in [0.2, 0.25) is 10.0 Å². The minimum atomic E-state index is 0.248. The molecule has 0 nitrogen and oxygen atoms in total. The Bertz CT molecular complexity index is 546. The molecule has 2 aromatic rings. The highest BCUT2D eigenvalue weighted by Gasteiger charge is 2.14. The van der Waals surface area contributed by atoms with Crippen molar-refractivity contribution in [1.29, 1.82) is 0 Å². The Kier molecular flexibility index (Phi) is 5.15. The van der Waals surface area contributed by atoms with Crippen LogP contribution in [0.4, 0.5) is 0 Å². The minimum absolute atomic E-state index is 0.248. The second kappa shape index (κ2) is 6.65. The van der Waals surface area contributed by atoms with Crippen molar-refractivity contribution < 1.29 is 0 Å². The number of hydrogen-bond acceptors (Lipinski definition) is 0. The highest BCUT2D eigenvalue weighted by molar-refractivity contribution is 6.42. The molecule has 0 spiro atoms. The molecule has 0 aromatic heterocycles. The van der Waals surface area contributed by atoms with E-state index in [1.54, 1.807) is 6.07 Å². The number of benzene rings is 2. The predicted molar refractivity (Wildman–Crippen MR) is 84.8 cm³/mol. The third-order valence-corrected chi connectivity index (χ3v) is 4.46. The lowest BCUT2D eigenvalue weighted by Crippen LogP contribution is -2.05. The molecule has 2 aromatic carbocycles. The first-order valence-corrected chi connectivity index (χ1v) is 7.46. The molecule has 2 rings (SSSR count). The van der Waals surface area contributed by atoms with Gasteiger partial charge in [-0.15, -0.1) is 11.6 Å². The van der Waals surface area contributed by atoms with Crippen molar-refractivity contribution in [3.05, 3.63) is 69.2 Å². The van der Waals surface area contributed by atoms with E-state index in [-0.39, 0.29) is 5.92 Å². The number of rotatable bonds is 4. The van der Waals surface area contributed by atoms with Crippen LogP contribution >= 0.6 is 34.8 Å². The second-order valence-electron chi connectivity index (χ2n) is 4.68. The number of hydrogen-bond donors (Lipinski definition) is 0. The molecule has 100 valence electrons. The molecule has 1 unspecified atom stereocenters. The second-order valence-corrected chi connectivity index (χ2v) is 5.77. The molecule has 0 fully saturated rings. The van der Waals surface area contributed by atoms with Crippen molar-refractivity contribution in [2.45, 2.75) is 19.3 Å². The van der Waals surface area contributed by atoms with E-state index >= 15 is 0 Å². The fraction of sp³-hybridized carbons (Fsp3) is 0.250. The summed E-state index contributed by atoms with van der Waals surface area (Å²) in [6.07, 6.45) is 0.798. The molecular weight excluding hydrogens is 299 g/mol. The van der Waals surface area contributed by atoms with Crippen LogP contribution in [-0.4, -0.2) is 5.88 Å². The number of alkyl halides is 1. The summed E-state index contributed by atoms with van der Waals surface area (Å²) in [5.41, 5.74) is 3.52. The van der Waals surface area contributed by atoms with Gasteiger partial charge in [-0.2, -0.15) is 0 Å². The van der Waals surface area contributed by atoms with Gasteiger partial charge in [0, 0.05) is 11.8 Å². The highest BCUT2D eigenvalue weighted by atomic mass is 35.5. The molecule has 0 aliphatic rings. The standard InChI is InChI=1S/C16H15Cl3/c1-11-5-7-12(8-6-11)14(10-17)9-13-3-2-4-15(18)16(13)19/h2-8,14H,9-10H2,1H3. The van der Waals surface area contributed by atoms with Gasteiger partial charge in [0.2, 0.25) is 0 Å². The van der Waals surface area contributed by atoms with Gasteiger partial charge in [-0.1, -0.05) is 65.2 Å². The summed E-state index contributed by atoms with van der Waals surface area (Å²) in [6.45, 7) is 2.08. The van der Waals surface area contributed by atoms with E-state index in [4.69, 9.17) is 34.8 Å². The van der Waals surface area contributed by atoms with Crippen LogP contribution in [0.5, 0.6) is 0 Å². The quantitative estimate of drug-likeness (QED) is 0.619.